The molecule has 1 fully saturated rings. The molecule has 0 bridgehead atoms. The highest BCUT2D eigenvalue weighted by atomic mass is 35.5. The number of halogens is 1. The lowest BCUT2D eigenvalue weighted by Crippen LogP contribution is -2.03. The van der Waals surface area contributed by atoms with Crippen LogP contribution >= 0.6 is 11.6 Å². The van der Waals surface area contributed by atoms with Crippen molar-refractivity contribution in [1.82, 2.24) is 9.55 Å². The van der Waals surface area contributed by atoms with Gasteiger partial charge in [-0.1, -0.05) is 18.0 Å². The summed E-state index contributed by atoms with van der Waals surface area (Å²) < 4.78 is 2.41. The van der Waals surface area contributed by atoms with E-state index in [0.29, 0.717) is 6.04 Å². The van der Waals surface area contributed by atoms with Crippen LogP contribution in [0.5, 0.6) is 0 Å². The first kappa shape index (κ1) is 12.9. The van der Waals surface area contributed by atoms with Gasteiger partial charge in [-0.2, -0.15) is 0 Å². The molecule has 0 amide bonds. The second-order valence-electron chi connectivity index (χ2n) is 5.36. The Balaban J connectivity index is 1.87. The molecule has 2 N–H and O–H groups in total. The van der Waals surface area contributed by atoms with E-state index >= 15 is 0 Å². The fourth-order valence-electron chi connectivity index (χ4n) is 2.64. The van der Waals surface area contributed by atoms with Crippen molar-refractivity contribution in [3.63, 3.8) is 0 Å². The highest BCUT2D eigenvalue weighted by Gasteiger charge is 2.27. The zero-order valence-electron chi connectivity index (χ0n) is 11.1. The monoisotopic (exact) mass is 277 g/mol. The molecule has 19 heavy (non-hydrogen) atoms. The Hall–Kier alpha value is -1.06. The van der Waals surface area contributed by atoms with Crippen LogP contribution in [-0.4, -0.2) is 16.1 Å². The Morgan fingerprint density at radius 2 is 2.11 bits per heavy atom. The molecule has 1 heterocycles. The SMILES string of the molecule is NCCCCCc1nc2ccc(Cl)cc2n1C1CC1. The number of hydrogen-bond acceptors (Lipinski definition) is 2. The van der Waals surface area contributed by atoms with E-state index in [2.05, 4.69) is 4.57 Å². The average molecular weight is 278 g/mol. The summed E-state index contributed by atoms with van der Waals surface area (Å²) in [7, 11) is 0. The molecule has 1 aliphatic rings. The first-order chi connectivity index (χ1) is 9.29. The van der Waals surface area contributed by atoms with Crippen LogP contribution in [0.4, 0.5) is 0 Å². The lowest BCUT2D eigenvalue weighted by Gasteiger charge is -2.07. The van der Waals surface area contributed by atoms with Gasteiger partial charge in [-0.3, -0.25) is 0 Å². The van der Waals surface area contributed by atoms with Crippen molar-refractivity contribution >= 4 is 22.6 Å². The van der Waals surface area contributed by atoms with Crippen LogP contribution < -0.4 is 5.73 Å². The predicted molar refractivity (Wildman–Crippen MR) is 79.6 cm³/mol. The first-order valence-electron chi connectivity index (χ1n) is 7.16. The van der Waals surface area contributed by atoms with E-state index in [1.165, 1.54) is 37.0 Å². The molecule has 1 aromatic carbocycles. The molecule has 4 heteroatoms. The van der Waals surface area contributed by atoms with Crippen molar-refractivity contribution in [2.24, 2.45) is 5.73 Å². The summed E-state index contributed by atoms with van der Waals surface area (Å²) in [5.41, 5.74) is 7.81. The van der Waals surface area contributed by atoms with Gasteiger partial charge >= 0.3 is 0 Å². The molecule has 2 aromatic rings. The summed E-state index contributed by atoms with van der Waals surface area (Å²) in [6.45, 7) is 0.786. The van der Waals surface area contributed by atoms with Gasteiger partial charge in [-0.25, -0.2) is 4.98 Å². The molecule has 3 rings (SSSR count). The molecule has 0 aliphatic heterocycles. The van der Waals surface area contributed by atoms with Crippen LogP contribution in [0, 0.1) is 0 Å². The predicted octanol–water partition coefficient (Wildman–Crippen LogP) is 3.70. The van der Waals surface area contributed by atoms with Gasteiger partial charge in [0.25, 0.3) is 0 Å². The van der Waals surface area contributed by atoms with E-state index in [1.54, 1.807) is 0 Å². The Morgan fingerprint density at radius 1 is 1.26 bits per heavy atom. The van der Waals surface area contributed by atoms with Crippen LogP contribution in [0.3, 0.4) is 0 Å². The molecular formula is C15H20ClN3. The third-order valence-electron chi connectivity index (χ3n) is 3.74. The van der Waals surface area contributed by atoms with E-state index in [-0.39, 0.29) is 0 Å². The Morgan fingerprint density at radius 3 is 2.84 bits per heavy atom. The molecule has 1 saturated carbocycles. The second kappa shape index (κ2) is 5.51. The maximum atomic E-state index is 6.12. The maximum absolute atomic E-state index is 6.12. The number of aromatic nitrogens is 2. The van der Waals surface area contributed by atoms with Gasteiger partial charge in [0.1, 0.15) is 5.82 Å². The highest BCUT2D eigenvalue weighted by molar-refractivity contribution is 6.31. The lowest BCUT2D eigenvalue weighted by molar-refractivity contribution is 0.631. The van der Waals surface area contributed by atoms with Gasteiger partial charge in [0.05, 0.1) is 11.0 Å². The molecule has 1 aliphatic carbocycles. The molecule has 0 saturated heterocycles. The number of imidazole rings is 1. The number of unbranched alkanes of at least 4 members (excludes halogenated alkanes) is 2. The van der Waals surface area contributed by atoms with Crippen molar-refractivity contribution in [2.75, 3.05) is 6.54 Å². The van der Waals surface area contributed by atoms with Crippen molar-refractivity contribution in [3.05, 3.63) is 29.0 Å². The summed E-state index contributed by atoms with van der Waals surface area (Å²) in [6.07, 6.45) is 7.05. The fourth-order valence-corrected chi connectivity index (χ4v) is 2.80. The molecule has 102 valence electrons. The van der Waals surface area contributed by atoms with E-state index in [9.17, 15) is 0 Å². The summed E-state index contributed by atoms with van der Waals surface area (Å²) in [5, 5.41) is 0.795. The van der Waals surface area contributed by atoms with Gasteiger partial charge in [0.15, 0.2) is 0 Å². The molecular weight excluding hydrogens is 258 g/mol. The van der Waals surface area contributed by atoms with Gasteiger partial charge in [-0.15, -0.1) is 0 Å². The molecule has 0 unspecified atom stereocenters. The topological polar surface area (TPSA) is 43.8 Å². The molecule has 1 aromatic heterocycles. The van der Waals surface area contributed by atoms with Crippen LogP contribution in [0.25, 0.3) is 11.0 Å². The first-order valence-corrected chi connectivity index (χ1v) is 7.54. The smallest absolute Gasteiger partial charge is 0.110 e. The fraction of sp³-hybridized carbons (Fsp3) is 0.533. The summed E-state index contributed by atoms with van der Waals surface area (Å²) >= 11 is 6.12. The van der Waals surface area contributed by atoms with Crippen molar-refractivity contribution in [1.29, 1.82) is 0 Å². The summed E-state index contributed by atoms with van der Waals surface area (Å²) in [4.78, 5) is 4.79. The Labute approximate surface area is 118 Å². The van der Waals surface area contributed by atoms with E-state index in [0.717, 1.165) is 29.9 Å². The number of nitrogens with zero attached hydrogens (tertiary/aromatic N) is 2. The number of benzene rings is 1. The zero-order chi connectivity index (χ0) is 13.2. The highest BCUT2D eigenvalue weighted by Crippen LogP contribution is 2.39. The molecule has 3 nitrogen and oxygen atoms in total. The summed E-state index contributed by atoms with van der Waals surface area (Å²) in [6, 6.07) is 6.64. The quantitative estimate of drug-likeness (QED) is 0.818. The van der Waals surface area contributed by atoms with Gasteiger partial charge < -0.3 is 10.3 Å². The molecule has 0 spiro atoms. The average Bonchev–Trinajstić information content (AvgIpc) is 3.17. The standard InChI is InChI=1S/C15H20ClN3/c16-11-5-8-13-14(10-11)19(12-6-7-12)15(18-13)4-2-1-3-9-17/h5,8,10,12H,1-4,6-7,9,17H2. The molecule has 0 radical (unpaired) electrons. The van der Waals surface area contributed by atoms with Crippen molar-refractivity contribution < 1.29 is 0 Å². The van der Waals surface area contributed by atoms with E-state index in [4.69, 9.17) is 22.3 Å². The third-order valence-corrected chi connectivity index (χ3v) is 3.98. The van der Waals surface area contributed by atoms with Gasteiger partial charge in [0.2, 0.25) is 0 Å². The number of nitrogens with two attached hydrogens (primary N) is 1. The van der Waals surface area contributed by atoms with E-state index in [1.807, 2.05) is 18.2 Å². The van der Waals surface area contributed by atoms with E-state index < -0.39 is 0 Å². The third kappa shape index (κ3) is 2.77. The van der Waals surface area contributed by atoms with Crippen molar-refractivity contribution in [2.45, 2.75) is 44.6 Å². The second-order valence-corrected chi connectivity index (χ2v) is 5.80. The minimum Gasteiger partial charge on any atom is -0.330 e. The number of fused-ring (bicyclic) bond motifs is 1. The zero-order valence-corrected chi connectivity index (χ0v) is 11.9. The van der Waals surface area contributed by atoms with Gasteiger partial charge in [0, 0.05) is 17.5 Å². The van der Waals surface area contributed by atoms with Crippen LogP contribution in [-0.2, 0) is 6.42 Å². The Bertz CT molecular complexity index is 572. The minimum absolute atomic E-state index is 0.646. The summed E-state index contributed by atoms with van der Waals surface area (Å²) in [5.74, 6) is 1.22. The maximum Gasteiger partial charge on any atom is 0.110 e. The largest absolute Gasteiger partial charge is 0.330 e. The molecule has 0 atom stereocenters. The van der Waals surface area contributed by atoms with Crippen LogP contribution in [0.2, 0.25) is 5.02 Å². The number of rotatable bonds is 6. The minimum atomic E-state index is 0.646. The lowest BCUT2D eigenvalue weighted by atomic mass is 10.2. The number of aryl methyl sites for hydroxylation is 1. The number of hydrogen-bond donors (Lipinski definition) is 1. The van der Waals surface area contributed by atoms with Crippen LogP contribution in [0.1, 0.15) is 44.0 Å². The van der Waals surface area contributed by atoms with Crippen LogP contribution in [0.15, 0.2) is 18.2 Å². The van der Waals surface area contributed by atoms with Crippen molar-refractivity contribution in [3.8, 4) is 0 Å². The normalized spacial score (nSPS) is 15.3. The van der Waals surface area contributed by atoms with Gasteiger partial charge in [-0.05, 0) is 50.4 Å². The Kier molecular flexibility index (Phi) is 3.76.